The zero-order valence-electron chi connectivity index (χ0n) is 8.90. The molecular formula is C12H15N3. The molecule has 2 rings (SSSR count). The number of nitrogens with zero attached hydrogens (tertiary/aromatic N) is 2. The quantitative estimate of drug-likeness (QED) is 0.814. The first-order valence-corrected chi connectivity index (χ1v) is 5.41. The first-order chi connectivity index (χ1) is 7.28. The smallest absolute Gasteiger partial charge is 0.142 e. The van der Waals surface area contributed by atoms with Gasteiger partial charge >= 0.3 is 0 Å². The Morgan fingerprint density at radius 1 is 1.60 bits per heavy atom. The van der Waals surface area contributed by atoms with E-state index in [9.17, 15) is 0 Å². The number of pyridine rings is 1. The zero-order valence-corrected chi connectivity index (χ0v) is 8.90. The Balaban J connectivity index is 1.93. The molecule has 3 nitrogen and oxygen atoms in total. The van der Waals surface area contributed by atoms with Crippen LogP contribution in [0.15, 0.2) is 18.2 Å². The van der Waals surface area contributed by atoms with Crippen LogP contribution < -0.4 is 5.32 Å². The number of rotatable bonds is 4. The summed E-state index contributed by atoms with van der Waals surface area (Å²) in [5.74, 6) is 1.72. The lowest BCUT2D eigenvalue weighted by atomic mass is 10.1. The predicted octanol–water partition coefficient (Wildman–Crippen LogP) is 2.55. The molecule has 0 amide bonds. The van der Waals surface area contributed by atoms with Gasteiger partial charge in [-0.1, -0.05) is 18.9 Å². The van der Waals surface area contributed by atoms with Gasteiger partial charge in [-0.05, 0) is 31.4 Å². The summed E-state index contributed by atoms with van der Waals surface area (Å²) in [7, 11) is 0. The Morgan fingerprint density at radius 2 is 2.40 bits per heavy atom. The van der Waals surface area contributed by atoms with Gasteiger partial charge in [-0.2, -0.15) is 5.26 Å². The minimum Gasteiger partial charge on any atom is -0.368 e. The van der Waals surface area contributed by atoms with Crippen molar-refractivity contribution in [1.29, 1.82) is 5.26 Å². The van der Waals surface area contributed by atoms with E-state index in [1.807, 2.05) is 18.2 Å². The van der Waals surface area contributed by atoms with Crippen molar-refractivity contribution in [3.63, 3.8) is 0 Å². The van der Waals surface area contributed by atoms with Gasteiger partial charge in [0.1, 0.15) is 17.6 Å². The fourth-order valence-corrected chi connectivity index (χ4v) is 1.74. The largest absolute Gasteiger partial charge is 0.368 e. The van der Waals surface area contributed by atoms with Crippen molar-refractivity contribution in [3.05, 3.63) is 23.9 Å². The van der Waals surface area contributed by atoms with E-state index in [0.717, 1.165) is 11.7 Å². The minimum absolute atomic E-state index is 0.443. The van der Waals surface area contributed by atoms with E-state index in [0.29, 0.717) is 11.7 Å². The van der Waals surface area contributed by atoms with E-state index in [-0.39, 0.29) is 0 Å². The van der Waals surface area contributed by atoms with Crippen molar-refractivity contribution in [3.8, 4) is 6.07 Å². The Kier molecular flexibility index (Phi) is 2.86. The SMILES string of the molecule is CC(CC1CC1)Nc1cccc(C#N)n1. The van der Waals surface area contributed by atoms with E-state index in [4.69, 9.17) is 5.26 Å². The lowest BCUT2D eigenvalue weighted by Crippen LogP contribution is -2.16. The molecule has 0 saturated heterocycles. The van der Waals surface area contributed by atoms with Gasteiger partial charge in [0, 0.05) is 6.04 Å². The number of hydrogen-bond acceptors (Lipinski definition) is 3. The second-order valence-corrected chi connectivity index (χ2v) is 4.24. The van der Waals surface area contributed by atoms with Gasteiger partial charge in [-0.3, -0.25) is 0 Å². The van der Waals surface area contributed by atoms with Crippen LogP contribution in [0.25, 0.3) is 0 Å². The standard InChI is InChI=1S/C12H15N3/c1-9(7-10-5-6-10)14-12-4-2-3-11(8-13)15-12/h2-4,9-10H,5-7H2,1H3,(H,14,15). The van der Waals surface area contributed by atoms with Crippen LogP contribution >= 0.6 is 0 Å². The summed E-state index contributed by atoms with van der Waals surface area (Å²) in [5, 5.41) is 12.0. The summed E-state index contributed by atoms with van der Waals surface area (Å²) in [6, 6.07) is 7.97. The molecule has 78 valence electrons. The Hall–Kier alpha value is -1.56. The lowest BCUT2D eigenvalue weighted by Gasteiger charge is -2.13. The highest BCUT2D eigenvalue weighted by Gasteiger charge is 2.23. The maximum atomic E-state index is 8.71. The summed E-state index contributed by atoms with van der Waals surface area (Å²) in [5.41, 5.74) is 0.471. The fourth-order valence-electron chi connectivity index (χ4n) is 1.74. The molecule has 3 heteroatoms. The van der Waals surface area contributed by atoms with Gasteiger partial charge in [0.25, 0.3) is 0 Å². The average molecular weight is 201 g/mol. The van der Waals surface area contributed by atoms with E-state index in [2.05, 4.69) is 17.2 Å². The van der Waals surface area contributed by atoms with Crippen molar-refractivity contribution in [2.75, 3.05) is 5.32 Å². The zero-order chi connectivity index (χ0) is 10.7. The molecule has 1 unspecified atom stereocenters. The second-order valence-electron chi connectivity index (χ2n) is 4.24. The number of nitrogens with one attached hydrogen (secondary N) is 1. The van der Waals surface area contributed by atoms with Crippen LogP contribution in [0.2, 0.25) is 0 Å². The van der Waals surface area contributed by atoms with E-state index in [1.165, 1.54) is 19.3 Å². The van der Waals surface area contributed by atoms with E-state index in [1.54, 1.807) is 6.07 Å². The van der Waals surface area contributed by atoms with Crippen LogP contribution in [0.3, 0.4) is 0 Å². The average Bonchev–Trinajstić information content (AvgIpc) is 3.02. The maximum Gasteiger partial charge on any atom is 0.142 e. The van der Waals surface area contributed by atoms with Crippen molar-refractivity contribution in [1.82, 2.24) is 4.98 Å². The molecule has 0 bridgehead atoms. The first-order valence-electron chi connectivity index (χ1n) is 5.41. The topological polar surface area (TPSA) is 48.7 Å². The Labute approximate surface area is 90.1 Å². The van der Waals surface area contributed by atoms with Gasteiger partial charge in [0.2, 0.25) is 0 Å². The molecule has 1 atom stereocenters. The molecule has 1 aliphatic rings. The lowest BCUT2D eigenvalue weighted by molar-refractivity contribution is 0.640. The van der Waals surface area contributed by atoms with Gasteiger partial charge in [-0.15, -0.1) is 0 Å². The molecule has 1 aromatic rings. The minimum atomic E-state index is 0.443. The fraction of sp³-hybridized carbons (Fsp3) is 0.500. The summed E-state index contributed by atoms with van der Waals surface area (Å²) in [4.78, 5) is 4.19. The monoisotopic (exact) mass is 201 g/mol. The van der Waals surface area contributed by atoms with E-state index >= 15 is 0 Å². The van der Waals surface area contributed by atoms with Crippen LogP contribution in [-0.4, -0.2) is 11.0 Å². The van der Waals surface area contributed by atoms with Crippen molar-refractivity contribution >= 4 is 5.82 Å². The number of nitriles is 1. The van der Waals surface area contributed by atoms with Crippen LogP contribution in [0.4, 0.5) is 5.82 Å². The Bertz CT molecular complexity index is 377. The summed E-state index contributed by atoms with van der Waals surface area (Å²) in [6.07, 6.45) is 3.95. The highest BCUT2D eigenvalue weighted by atomic mass is 15.0. The van der Waals surface area contributed by atoms with Crippen LogP contribution in [-0.2, 0) is 0 Å². The molecule has 0 spiro atoms. The molecule has 0 radical (unpaired) electrons. The number of anilines is 1. The highest BCUT2D eigenvalue weighted by molar-refractivity contribution is 5.39. The third-order valence-electron chi connectivity index (χ3n) is 2.64. The van der Waals surface area contributed by atoms with Crippen LogP contribution in [0.1, 0.15) is 31.9 Å². The summed E-state index contributed by atoms with van der Waals surface area (Å²) in [6.45, 7) is 2.17. The third-order valence-corrected chi connectivity index (χ3v) is 2.64. The highest BCUT2D eigenvalue weighted by Crippen LogP contribution is 2.33. The van der Waals surface area contributed by atoms with Gasteiger partial charge in [0.15, 0.2) is 0 Å². The molecule has 0 aliphatic heterocycles. The van der Waals surface area contributed by atoms with Gasteiger partial charge in [-0.25, -0.2) is 4.98 Å². The number of hydrogen-bond donors (Lipinski definition) is 1. The first kappa shape index (κ1) is 9.97. The second kappa shape index (κ2) is 4.31. The van der Waals surface area contributed by atoms with Gasteiger partial charge in [0.05, 0.1) is 0 Å². The van der Waals surface area contributed by atoms with Crippen molar-refractivity contribution in [2.24, 2.45) is 5.92 Å². The summed E-state index contributed by atoms with van der Waals surface area (Å²) >= 11 is 0. The maximum absolute atomic E-state index is 8.71. The van der Waals surface area contributed by atoms with Gasteiger partial charge < -0.3 is 5.32 Å². The molecular weight excluding hydrogens is 186 g/mol. The Morgan fingerprint density at radius 3 is 3.07 bits per heavy atom. The molecule has 1 saturated carbocycles. The number of aromatic nitrogens is 1. The van der Waals surface area contributed by atoms with Crippen molar-refractivity contribution in [2.45, 2.75) is 32.2 Å². The molecule has 1 aromatic heterocycles. The van der Waals surface area contributed by atoms with Crippen molar-refractivity contribution < 1.29 is 0 Å². The predicted molar refractivity (Wildman–Crippen MR) is 59.4 cm³/mol. The molecule has 15 heavy (non-hydrogen) atoms. The molecule has 1 fully saturated rings. The normalized spacial score (nSPS) is 16.8. The third kappa shape index (κ3) is 2.95. The molecule has 1 heterocycles. The molecule has 1 aliphatic carbocycles. The summed E-state index contributed by atoms with van der Waals surface area (Å²) < 4.78 is 0. The molecule has 0 aromatic carbocycles. The van der Waals surface area contributed by atoms with Crippen LogP contribution in [0.5, 0.6) is 0 Å². The molecule has 1 N–H and O–H groups in total. The van der Waals surface area contributed by atoms with E-state index < -0.39 is 0 Å². The van der Waals surface area contributed by atoms with Crippen LogP contribution in [0, 0.1) is 17.2 Å².